The van der Waals surface area contributed by atoms with Gasteiger partial charge in [-0.25, -0.2) is 0 Å². The van der Waals surface area contributed by atoms with E-state index >= 15 is 0 Å². The van der Waals surface area contributed by atoms with Gasteiger partial charge in [-0.3, -0.25) is 4.79 Å². The molecule has 0 aliphatic carbocycles. The summed E-state index contributed by atoms with van der Waals surface area (Å²) in [5.74, 6) is 1.09. The smallest absolute Gasteiger partial charge is 0.224 e. The SMILES string of the molecule is Nc1cc2c(cc1Oc1cccc(CO)c1)NC(=O)CC2. The molecule has 0 unspecified atom stereocenters. The molecule has 1 aliphatic heterocycles. The van der Waals surface area contributed by atoms with E-state index in [1.165, 1.54) is 0 Å². The first-order valence-electron chi connectivity index (χ1n) is 6.75. The van der Waals surface area contributed by atoms with Crippen LogP contribution in [0.5, 0.6) is 11.5 Å². The third-order valence-electron chi connectivity index (χ3n) is 3.44. The van der Waals surface area contributed by atoms with Gasteiger partial charge in [0, 0.05) is 18.2 Å². The topological polar surface area (TPSA) is 84.6 Å². The van der Waals surface area contributed by atoms with Crippen LogP contribution in [0.2, 0.25) is 0 Å². The van der Waals surface area contributed by atoms with Crippen molar-refractivity contribution in [2.24, 2.45) is 0 Å². The Morgan fingerprint density at radius 1 is 1.24 bits per heavy atom. The molecule has 0 aromatic heterocycles. The van der Waals surface area contributed by atoms with E-state index < -0.39 is 0 Å². The summed E-state index contributed by atoms with van der Waals surface area (Å²) in [5.41, 5.74) is 9.06. The maximum Gasteiger partial charge on any atom is 0.224 e. The fourth-order valence-corrected chi connectivity index (χ4v) is 2.35. The molecular formula is C16H16N2O3. The van der Waals surface area contributed by atoms with Gasteiger partial charge in [0.05, 0.1) is 12.3 Å². The number of aryl methyl sites for hydroxylation is 1. The number of carbonyl (C=O) groups excluding carboxylic acids is 1. The molecule has 108 valence electrons. The van der Waals surface area contributed by atoms with Crippen LogP contribution in [-0.4, -0.2) is 11.0 Å². The predicted molar refractivity (Wildman–Crippen MR) is 80.2 cm³/mol. The average Bonchev–Trinajstić information content (AvgIpc) is 2.49. The predicted octanol–water partition coefficient (Wildman–Crippen LogP) is 2.44. The maximum absolute atomic E-state index is 11.5. The van der Waals surface area contributed by atoms with Crippen LogP contribution < -0.4 is 15.8 Å². The number of rotatable bonds is 3. The molecule has 2 aromatic carbocycles. The quantitative estimate of drug-likeness (QED) is 0.756. The minimum atomic E-state index is -0.0487. The first-order valence-corrected chi connectivity index (χ1v) is 6.75. The fraction of sp³-hybridized carbons (Fsp3) is 0.188. The molecule has 0 atom stereocenters. The van der Waals surface area contributed by atoms with E-state index in [9.17, 15) is 4.79 Å². The summed E-state index contributed by atoms with van der Waals surface area (Å²) in [7, 11) is 0. The van der Waals surface area contributed by atoms with Gasteiger partial charge in [0.25, 0.3) is 0 Å². The van der Waals surface area contributed by atoms with Gasteiger partial charge in [0.2, 0.25) is 5.91 Å². The Labute approximate surface area is 122 Å². The van der Waals surface area contributed by atoms with Gasteiger partial charge >= 0.3 is 0 Å². The van der Waals surface area contributed by atoms with Gasteiger partial charge in [-0.2, -0.15) is 0 Å². The number of hydrogen-bond acceptors (Lipinski definition) is 4. The van der Waals surface area contributed by atoms with Crippen LogP contribution in [0.1, 0.15) is 17.5 Å². The first kappa shape index (κ1) is 13.5. The minimum Gasteiger partial charge on any atom is -0.455 e. The lowest BCUT2D eigenvalue weighted by Gasteiger charge is -2.19. The lowest BCUT2D eigenvalue weighted by atomic mass is 10.0. The molecule has 0 spiro atoms. The van der Waals surface area contributed by atoms with Crippen molar-refractivity contribution in [3.63, 3.8) is 0 Å². The van der Waals surface area contributed by atoms with E-state index in [2.05, 4.69) is 5.32 Å². The monoisotopic (exact) mass is 284 g/mol. The average molecular weight is 284 g/mol. The molecule has 5 nitrogen and oxygen atoms in total. The number of aliphatic hydroxyl groups excluding tert-OH is 1. The van der Waals surface area contributed by atoms with Crippen molar-refractivity contribution >= 4 is 17.3 Å². The Morgan fingerprint density at radius 2 is 2.10 bits per heavy atom. The molecule has 3 rings (SSSR count). The molecule has 1 heterocycles. The van der Waals surface area contributed by atoms with Crippen LogP contribution in [-0.2, 0) is 17.8 Å². The number of carbonyl (C=O) groups is 1. The lowest BCUT2D eigenvalue weighted by Crippen LogP contribution is -2.19. The van der Waals surface area contributed by atoms with E-state index in [-0.39, 0.29) is 12.5 Å². The summed E-state index contributed by atoms with van der Waals surface area (Å²) in [5, 5.41) is 12.0. The van der Waals surface area contributed by atoms with Gasteiger partial charge < -0.3 is 20.9 Å². The van der Waals surface area contributed by atoms with E-state index in [4.69, 9.17) is 15.6 Å². The minimum absolute atomic E-state index is 0.000462. The number of hydrogen-bond donors (Lipinski definition) is 3. The van der Waals surface area contributed by atoms with E-state index in [1.54, 1.807) is 24.3 Å². The first-order chi connectivity index (χ1) is 10.2. The standard InChI is InChI=1S/C16H16N2O3/c17-13-7-11-4-5-16(20)18-14(11)8-15(13)21-12-3-1-2-10(6-12)9-19/h1-3,6-8,19H,4-5,9,17H2,(H,18,20). The van der Waals surface area contributed by atoms with Crippen molar-refractivity contribution in [1.29, 1.82) is 0 Å². The highest BCUT2D eigenvalue weighted by Crippen LogP contribution is 2.35. The molecule has 4 N–H and O–H groups in total. The van der Waals surface area contributed by atoms with Crippen LogP contribution in [0.15, 0.2) is 36.4 Å². The number of ether oxygens (including phenoxy) is 1. The summed E-state index contributed by atoms with van der Waals surface area (Å²) in [6, 6.07) is 10.7. The van der Waals surface area contributed by atoms with Crippen molar-refractivity contribution in [1.82, 2.24) is 0 Å². The third-order valence-corrected chi connectivity index (χ3v) is 3.44. The van der Waals surface area contributed by atoms with Gasteiger partial charge in [0.15, 0.2) is 5.75 Å². The summed E-state index contributed by atoms with van der Waals surface area (Å²) >= 11 is 0. The molecule has 0 bridgehead atoms. The number of nitrogens with one attached hydrogen (secondary N) is 1. The summed E-state index contributed by atoms with van der Waals surface area (Å²) in [6.07, 6.45) is 1.16. The summed E-state index contributed by atoms with van der Waals surface area (Å²) < 4.78 is 5.77. The molecule has 0 fully saturated rings. The Morgan fingerprint density at radius 3 is 2.90 bits per heavy atom. The van der Waals surface area contributed by atoms with E-state index in [1.807, 2.05) is 12.1 Å². The van der Waals surface area contributed by atoms with Crippen LogP contribution in [0.25, 0.3) is 0 Å². The zero-order valence-electron chi connectivity index (χ0n) is 11.4. The van der Waals surface area contributed by atoms with E-state index in [0.717, 1.165) is 16.8 Å². The summed E-state index contributed by atoms with van der Waals surface area (Å²) in [4.78, 5) is 11.5. The molecule has 0 radical (unpaired) electrons. The largest absolute Gasteiger partial charge is 0.455 e. The molecule has 21 heavy (non-hydrogen) atoms. The van der Waals surface area contributed by atoms with E-state index in [0.29, 0.717) is 30.0 Å². The van der Waals surface area contributed by atoms with Crippen LogP contribution in [0.3, 0.4) is 0 Å². The highest BCUT2D eigenvalue weighted by Gasteiger charge is 2.17. The Bertz CT molecular complexity index is 698. The molecule has 0 saturated carbocycles. The van der Waals surface area contributed by atoms with Gasteiger partial charge in [0.1, 0.15) is 5.75 Å². The van der Waals surface area contributed by atoms with Gasteiger partial charge in [-0.15, -0.1) is 0 Å². The number of benzene rings is 2. The molecule has 0 saturated heterocycles. The highest BCUT2D eigenvalue weighted by atomic mass is 16.5. The second-order valence-electron chi connectivity index (χ2n) is 5.00. The van der Waals surface area contributed by atoms with Crippen LogP contribution in [0, 0.1) is 0 Å². The molecule has 1 aliphatic rings. The molecular weight excluding hydrogens is 268 g/mol. The Hall–Kier alpha value is -2.53. The zero-order valence-corrected chi connectivity index (χ0v) is 11.4. The number of anilines is 2. The molecule has 5 heteroatoms. The Balaban J connectivity index is 1.91. The van der Waals surface area contributed by atoms with Crippen molar-refractivity contribution in [3.8, 4) is 11.5 Å². The number of aliphatic hydroxyl groups is 1. The van der Waals surface area contributed by atoms with Crippen LogP contribution in [0.4, 0.5) is 11.4 Å². The fourth-order valence-electron chi connectivity index (χ4n) is 2.35. The number of fused-ring (bicyclic) bond motifs is 1. The van der Waals surface area contributed by atoms with Gasteiger partial charge in [-0.05, 0) is 35.7 Å². The normalized spacial score (nSPS) is 13.5. The van der Waals surface area contributed by atoms with Crippen molar-refractivity contribution in [2.45, 2.75) is 19.4 Å². The lowest BCUT2D eigenvalue weighted by molar-refractivity contribution is -0.116. The van der Waals surface area contributed by atoms with Crippen molar-refractivity contribution < 1.29 is 14.6 Å². The molecule has 1 amide bonds. The Kier molecular flexibility index (Phi) is 3.50. The van der Waals surface area contributed by atoms with Gasteiger partial charge in [-0.1, -0.05) is 12.1 Å². The van der Waals surface area contributed by atoms with Crippen molar-refractivity contribution in [3.05, 3.63) is 47.5 Å². The number of nitrogens with two attached hydrogens (primary N) is 1. The summed E-state index contributed by atoms with van der Waals surface area (Å²) in [6.45, 7) is -0.0487. The maximum atomic E-state index is 11.5. The zero-order chi connectivity index (χ0) is 14.8. The van der Waals surface area contributed by atoms with Crippen LogP contribution >= 0.6 is 0 Å². The second-order valence-corrected chi connectivity index (χ2v) is 5.00. The molecule has 2 aromatic rings. The van der Waals surface area contributed by atoms with Crippen molar-refractivity contribution in [2.75, 3.05) is 11.1 Å². The highest BCUT2D eigenvalue weighted by molar-refractivity contribution is 5.94. The number of nitrogen functional groups attached to an aromatic ring is 1. The second kappa shape index (κ2) is 5.46. The third kappa shape index (κ3) is 2.83. The number of amides is 1.